The summed E-state index contributed by atoms with van der Waals surface area (Å²) in [5.41, 5.74) is -0.806. The van der Waals surface area contributed by atoms with Gasteiger partial charge in [-0.15, -0.1) is 10.2 Å². The molecule has 1 N–H and O–H groups in total. The molecule has 96 valence electrons. The lowest BCUT2D eigenvalue weighted by atomic mass is 9.76. The zero-order valence-electron chi connectivity index (χ0n) is 11.1. The van der Waals surface area contributed by atoms with Crippen LogP contribution in [0.1, 0.15) is 46.5 Å². The third-order valence-corrected chi connectivity index (χ3v) is 3.49. The van der Waals surface area contributed by atoms with Crippen molar-refractivity contribution < 1.29 is 9.90 Å². The minimum absolute atomic E-state index is 0.0392. The molecule has 0 bridgehead atoms. The maximum absolute atomic E-state index is 11.4. The van der Waals surface area contributed by atoms with Gasteiger partial charge < -0.3 is 9.67 Å². The van der Waals surface area contributed by atoms with Gasteiger partial charge in [0.05, 0.1) is 5.41 Å². The van der Waals surface area contributed by atoms with E-state index in [2.05, 4.69) is 10.2 Å². The van der Waals surface area contributed by atoms with Gasteiger partial charge in [-0.2, -0.15) is 0 Å². The Kier molecular flexibility index (Phi) is 3.91. The van der Waals surface area contributed by atoms with Crippen LogP contribution in [0.4, 0.5) is 0 Å². The Labute approximate surface area is 102 Å². The van der Waals surface area contributed by atoms with E-state index >= 15 is 0 Å². The highest BCUT2D eigenvalue weighted by molar-refractivity contribution is 5.74. The van der Waals surface area contributed by atoms with Gasteiger partial charge in [0, 0.05) is 12.5 Å². The summed E-state index contributed by atoms with van der Waals surface area (Å²) >= 11 is 0. The summed E-state index contributed by atoms with van der Waals surface area (Å²) < 4.78 is 1.92. The number of nitrogens with zero attached hydrogens (tertiary/aromatic N) is 3. The quantitative estimate of drug-likeness (QED) is 0.854. The van der Waals surface area contributed by atoms with Crippen molar-refractivity contribution in [1.82, 2.24) is 14.8 Å². The molecule has 1 heterocycles. The number of carboxylic acids is 1. The van der Waals surface area contributed by atoms with Crippen molar-refractivity contribution in [3.8, 4) is 0 Å². The van der Waals surface area contributed by atoms with Crippen LogP contribution < -0.4 is 0 Å². The van der Waals surface area contributed by atoms with Crippen LogP contribution in [0.3, 0.4) is 0 Å². The van der Waals surface area contributed by atoms with Crippen LogP contribution >= 0.6 is 0 Å². The normalized spacial score (nSPS) is 15.2. The maximum atomic E-state index is 11.4. The number of carbonyl (C=O) groups is 1. The molecular formula is C12H21N3O2. The average Bonchev–Trinajstić information content (AvgIpc) is 2.64. The molecule has 1 aromatic heterocycles. The first-order chi connectivity index (χ1) is 7.79. The summed E-state index contributed by atoms with van der Waals surface area (Å²) in [4.78, 5) is 11.4. The van der Waals surface area contributed by atoms with E-state index in [9.17, 15) is 9.90 Å². The van der Waals surface area contributed by atoms with Crippen molar-refractivity contribution in [2.45, 2.75) is 47.1 Å². The van der Waals surface area contributed by atoms with Crippen LogP contribution in [-0.4, -0.2) is 25.8 Å². The third kappa shape index (κ3) is 2.65. The number of hydrogen-bond acceptors (Lipinski definition) is 3. The SMILES string of the molecule is CC(C)n1cnnc1CC(C)(C(=O)O)C(C)C. The molecule has 0 fully saturated rings. The molecule has 5 nitrogen and oxygen atoms in total. The van der Waals surface area contributed by atoms with E-state index in [1.54, 1.807) is 13.3 Å². The van der Waals surface area contributed by atoms with Gasteiger partial charge in [-0.1, -0.05) is 13.8 Å². The van der Waals surface area contributed by atoms with Crippen molar-refractivity contribution >= 4 is 5.97 Å². The van der Waals surface area contributed by atoms with Gasteiger partial charge in [-0.3, -0.25) is 4.79 Å². The Bertz CT molecular complexity index is 398. The first-order valence-corrected chi connectivity index (χ1v) is 5.90. The molecule has 0 amide bonds. The summed E-state index contributed by atoms with van der Waals surface area (Å²) in [6.07, 6.45) is 2.06. The van der Waals surface area contributed by atoms with Crippen molar-refractivity contribution in [1.29, 1.82) is 0 Å². The van der Waals surface area contributed by atoms with Crippen LogP contribution in [0.25, 0.3) is 0 Å². The fraction of sp³-hybridized carbons (Fsp3) is 0.750. The van der Waals surface area contributed by atoms with E-state index in [0.29, 0.717) is 6.42 Å². The first kappa shape index (κ1) is 13.7. The highest BCUT2D eigenvalue weighted by Crippen LogP contribution is 2.31. The summed E-state index contributed by atoms with van der Waals surface area (Å²) in [7, 11) is 0. The predicted octanol–water partition coefficient (Wildman–Crippen LogP) is 2.15. The van der Waals surface area contributed by atoms with Crippen molar-refractivity contribution in [3.05, 3.63) is 12.2 Å². The zero-order valence-corrected chi connectivity index (χ0v) is 11.1. The lowest BCUT2D eigenvalue weighted by Crippen LogP contribution is -2.36. The Morgan fingerprint density at radius 2 is 2.06 bits per heavy atom. The van der Waals surface area contributed by atoms with Crippen LogP contribution in [0.2, 0.25) is 0 Å². The number of carboxylic acid groups (broad SMARTS) is 1. The van der Waals surface area contributed by atoms with E-state index in [1.807, 2.05) is 32.3 Å². The summed E-state index contributed by atoms with van der Waals surface area (Å²) in [5, 5.41) is 17.3. The highest BCUT2D eigenvalue weighted by atomic mass is 16.4. The largest absolute Gasteiger partial charge is 0.481 e. The minimum Gasteiger partial charge on any atom is -0.481 e. The van der Waals surface area contributed by atoms with E-state index in [1.165, 1.54) is 0 Å². The number of rotatable bonds is 5. The molecule has 1 aromatic rings. The second-order valence-electron chi connectivity index (χ2n) is 5.30. The van der Waals surface area contributed by atoms with Crippen molar-refractivity contribution in [2.75, 3.05) is 0 Å². The van der Waals surface area contributed by atoms with Crippen LogP contribution in [0.15, 0.2) is 6.33 Å². The molecule has 17 heavy (non-hydrogen) atoms. The summed E-state index contributed by atoms with van der Waals surface area (Å²) in [5.74, 6) is -0.0123. The molecule has 1 atom stereocenters. The second-order valence-corrected chi connectivity index (χ2v) is 5.30. The molecular weight excluding hydrogens is 218 g/mol. The van der Waals surface area contributed by atoms with E-state index in [0.717, 1.165) is 5.82 Å². The van der Waals surface area contributed by atoms with Gasteiger partial charge in [-0.25, -0.2) is 0 Å². The molecule has 5 heteroatoms. The smallest absolute Gasteiger partial charge is 0.310 e. The van der Waals surface area contributed by atoms with Gasteiger partial charge in [0.15, 0.2) is 0 Å². The second kappa shape index (κ2) is 4.85. The molecule has 0 radical (unpaired) electrons. The molecule has 0 spiro atoms. The maximum Gasteiger partial charge on any atom is 0.310 e. The molecule has 0 aliphatic carbocycles. The van der Waals surface area contributed by atoms with Crippen molar-refractivity contribution in [2.24, 2.45) is 11.3 Å². The molecule has 1 rings (SSSR count). The number of aliphatic carboxylic acids is 1. The fourth-order valence-electron chi connectivity index (χ4n) is 1.68. The Morgan fingerprint density at radius 1 is 1.47 bits per heavy atom. The Balaban J connectivity index is 3.03. The molecule has 0 aliphatic rings. The van der Waals surface area contributed by atoms with Gasteiger partial charge in [0.25, 0.3) is 0 Å². The van der Waals surface area contributed by atoms with Crippen LogP contribution in [-0.2, 0) is 11.2 Å². The molecule has 1 unspecified atom stereocenters. The average molecular weight is 239 g/mol. The van der Waals surface area contributed by atoms with Crippen LogP contribution in [0, 0.1) is 11.3 Å². The Morgan fingerprint density at radius 3 is 2.47 bits per heavy atom. The lowest BCUT2D eigenvalue weighted by molar-refractivity contribution is -0.150. The molecule has 0 aromatic carbocycles. The Hall–Kier alpha value is -1.39. The first-order valence-electron chi connectivity index (χ1n) is 5.90. The monoisotopic (exact) mass is 239 g/mol. The van der Waals surface area contributed by atoms with E-state index in [4.69, 9.17) is 0 Å². The van der Waals surface area contributed by atoms with E-state index in [-0.39, 0.29) is 12.0 Å². The molecule has 0 saturated carbocycles. The topological polar surface area (TPSA) is 68.0 Å². The predicted molar refractivity (Wildman–Crippen MR) is 64.7 cm³/mol. The van der Waals surface area contributed by atoms with Gasteiger partial charge in [0.1, 0.15) is 12.2 Å². The zero-order chi connectivity index (χ0) is 13.2. The summed E-state index contributed by atoms with van der Waals surface area (Å²) in [6.45, 7) is 9.66. The lowest BCUT2D eigenvalue weighted by Gasteiger charge is -2.28. The molecule has 0 saturated heterocycles. The van der Waals surface area contributed by atoms with Gasteiger partial charge in [0.2, 0.25) is 0 Å². The number of aromatic nitrogens is 3. The highest BCUT2D eigenvalue weighted by Gasteiger charge is 2.38. The standard InChI is InChI=1S/C12H21N3O2/c1-8(2)12(5,11(16)17)6-10-14-13-7-15(10)9(3)4/h7-9H,6H2,1-5H3,(H,16,17). The molecule has 0 aliphatic heterocycles. The third-order valence-electron chi connectivity index (χ3n) is 3.49. The van der Waals surface area contributed by atoms with Gasteiger partial charge in [-0.05, 0) is 26.7 Å². The number of hydrogen-bond donors (Lipinski definition) is 1. The summed E-state index contributed by atoms with van der Waals surface area (Å²) in [6, 6.07) is 0.241. The van der Waals surface area contributed by atoms with Crippen LogP contribution in [0.5, 0.6) is 0 Å². The minimum atomic E-state index is -0.806. The van der Waals surface area contributed by atoms with Crippen molar-refractivity contribution in [3.63, 3.8) is 0 Å². The van der Waals surface area contributed by atoms with Gasteiger partial charge >= 0.3 is 5.97 Å². The fourth-order valence-corrected chi connectivity index (χ4v) is 1.68. The van der Waals surface area contributed by atoms with E-state index < -0.39 is 11.4 Å².